The molecule has 146 valence electrons. The molecule has 0 aliphatic heterocycles. The number of hydrogen-bond acceptors (Lipinski definition) is 5. The van der Waals surface area contributed by atoms with E-state index in [-0.39, 0.29) is 0 Å². The van der Waals surface area contributed by atoms with Gasteiger partial charge in [0.15, 0.2) is 0 Å². The highest BCUT2D eigenvalue weighted by atomic mass is 32.2. The minimum Gasteiger partial charge on any atom is -0.252 e. The molecule has 0 aliphatic carbocycles. The zero-order chi connectivity index (χ0) is 18.5. The van der Waals surface area contributed by atoms with Crippen molar-refractivity contribution in [2.75, 3.05) is 6.26 Å². The number of unbranched alkanes of at least 4 members (excludes halogenated alkanes) is 10. The number of hydrogen-bond donors (Lipinski definition) is 0. The SMILES string of the molecule is CSc1cn(CCCCCCCCCCCCCn2cc(C)nn2)nn1. The molecule has 2 heterocycles. The van der Waals surface area contributed by atoms with Crippen LogP contribution < -0.4 is 0 Å². The van der Waals surface area contributed by atoms with E-state index in [1.54, 1.807) is 11.8 Å². The van der Waals surface area contributed by atoms with Crippen molar-refractivity contribution in [3.8, 4) is 0 Å². The van der Waals surface area contributed by atoms with Crippen LogP contribution in [0.1, 0.15) is 76.3 Å². The monoisotopic (exact) mass is 378 g/mol. The molecule has 2 aromatic heterocycles. The van der Waals surface area contributed by atoms with Crippen molar-refractivity contribution < 1.29 is 0 Å². The van der Waals surface area contributed by atoms with Gasteiger partial charge in [0.2, 0.25) is 0 Å². The maximum Gasteiger partial charge on any atom is 0.138 e. The molecule has 0 unspecified atom stereocenters. The Kier molecular flexibility index (Phi) is 10.4. The molecule has 2 aromatic rings. The van der Waals surface area contributed by atoms with Crippen molar-refractivity contribution >= 4 is 11.8 Å². The van der Waals surface area contributed by atoms with Crippen LogP contribution in [-0.4, -0.2) is 36.2 Å². The summed E-state index contributed by atoms with van der Waals surface area (Å²) in [6.45, 7) is 4.00. The quantitative estimate of drug-likeness (QED) is 0.326. The fourth-order valence-electron chi connectivity index (χ4n) is 3.13. The summed E-state index contributed by atoms with van der Waals surface area (Å²) in [4.78, 5) is 0. The summed E-state index contributed by atoms with van der Waals surface area (Å²) in [6, 6.07) is 0. The second-order valence-corrected chi connectivity index (χ2v) is 7.86. The van der Waals surface area contributed by atoms with Gasteiger partial charge in [0, 0.05) is 19.3 Å². The van der Waals surface area contributed by atoms with E-state index in [4.69, 9.17) is 0 Å². The third-order valence-corrected chi connectivity index (χ3v) is 5.26. The molecule has 0 bridgehead atoms. The summed E-state index contributed by atoms with van der Waals surface area (Å²) >= 11 is 1.65. The second kappa shape index (κ2) is 12.9. The Morgan fingerprint density at radius 2 is 1.15 bits per heavy atom. The summed E-state index contributed by atoms with van der Waals surface area (Å²) in [5, 5.41) is 17.3. The van der Waals surface area contributed by atoms with E-state index in [0.29, 0.717) is 0 Å². The Balaban J connectivity index is 1.31. The zero-order valence-electron chi connectivity index (χ0n) is 16.4. The van der Waals surface area contributed by atoms with Crippen molar-refractivity contribution in [3.63, 3.8) is 0 Å². The van der Waals surface area contributed by atoms with Gasteiger partial charge in [-0.1, -0.05) is 68.2 Å². The molecule has 0 fully saturated rings. The fraction of sp³-hybridized carbons (Fsp3) is 0.789. The topological polar surface area (TPSA) is 61.4 Å². The Morgan fingerprint density at radius 1 is 0.692 bits per heavy atom. The zero-order valence-corrected chi connectivity index (χ0v) is 17.3. The molecule has 0 N–H and O–H groups in total. The first-order valence-electron chi connectivity index (χ1n) is 10.1. The highest BCUT2D eigenvalue weighted by molar-refractivity contribution is 7.98. The highest BCUT2D eigenvalue weighted by Crippen LogP contribution is 2.13. The van der Waals surface area contributed by atoms with Gasteiger partial charge < -0.3 is 0 Å². The molecule has 2 rings (SSSR count). The predicted octanol–water partition coefficient (Wildman–Crippen LogP) is 4.89. The number of rotatable bonds is 15. The molecule has 7 heteroatoms. The van der Waals surface area contributed by atoms with Gasteiger partial charge in [-0.3, -0.25) is 9.36 Å². The lowest BCUT2D eigenvalue weighted by molar-refractivity contribution is 0.496. The summed E-state index contributed by atoms with van der Waals surface area (Å²) in [5.74, 6) is 0. The number of thioether (sulfide) groups is 1. The van der Waals surface area contributed by atoms with E-state index in [2.05, 4.69) is 20.6 Å². The van der Waals surface area contributed by atoms with Crippen molar-refractivity contribution in [1.29, 1.82) is 0 Å². The molecule has 0 spiro atoms. The van der Waals surface area contributed by atoms with Crippen molar-refractivity contribution in [2.45, 2.75) is 95.7 Å². The first kappa shape index (κ1) is 20.9. The lowest BCUT2D eigenvalue weighted by Crippen LogP contribution is -1.98. The van der Waals surface area contributed by atoms with Gasteiger partial charge in [0.25, 0.3) is 0 Å². The number of aromatic nitrogens is 6. The first-order valence-corrected chi connectivity index (χ1v) is 11.3. The molecule has 0 saturated heterocycles. The maximum absolute atomic E-state index is 4.13. The highest BCUT2D eigenvalue weighted by Gasteiger charge is 1.99. The van der Waals surface area contributed by atoms with E-state index in [1.165, 1.54) is 70.6 Å². The van der Waals surface area contributed by atoms with Gasteiger partial charge in [0.1, 0.15) is 5.03 Å². The van der Waals surface area contributed by atoms with Gasteiger partial charge in [-0.2, -0.15) is 0 Å². The van der Waals surface area contributed by atoms with E-state index in [1.807, 2.05) is 34.9 Å². The van der Waals surface area contributed by atoms with Crippen molar-refractivity contribution in [2.24, 2.45) is 0 Å². The summed E-state index contributed by atoms with van der Waals surface area (Å²) in [5.41, 5.74) is 1.01. The van der Waals surface area contributed by atoms with Crippen LogP contribution in [0, 0.1) is 6.92 Å². The lowest BCUT2D eigenvalue weighted by atomic mass is 10.1. The van der Waals surface area contributed by atoms with E-state index in [9.17, 15) is 0 Å². The molecular weight excluding hydrogens is 344 g/mol. The minimum absolute atomic E-state index is 1.00. The van der Waals surface area contributed by atoms with E-state index < -0.39 is 0 Å². The second-order valence-electron chi connectivity index (χ2n) is 7.04. The predicted molar refractivity (Wildman–Crippen MR) is 107 cm³/mol. The average molecular weight is 379 g/mol. The van der Waals surface area contributed by atoms with Crippen LogP contribution in [0.3, 0.4) is 0 Å². The Hall–Kier alpha value is -1.37. The van der Waals surface area contributed by atoms with Crippen LogP contribution in [0.15, 0.2) is 17.4 Å². The summed E-state index contributed by atoms with van der Waals surface area (Å²) in [7, 11) is 0. The van der Waals surface area contributed by atoms with Gasteiger partial charge in [-0.05, 0) is 26.0 Å². The number of nitrogens with zero attached hydrogens (tertiary/aromatic N) is 6. The van der Waals surface area contributed by atoms with Crippen molar-refractivity contribution in [3.05, 3.63) is 18.1 Å². The summed E-state index contributed by atoms with van der Waals surface area (Å²) in [6.07, 6.45) is 20.7. The standard InChI is InChI=1S/C19H34N6S/c1-18-16-24(22-20-18)14-12-10-8-6-4-3-5-7-9-11-13-15-25-17-19(26-2)21-23-25/h16-17H,3-15H2,1-2H3. The van der Waals surface area contributed by atoms with Crippen LogP contribution >= 0.6 is 11.8 Å². The maximum atomic E-state index is 4.13. The van der Waals surface area contributed by atoms with Gasteiger partial charge in [0.05, 0.1) is 11.9 Å². The molecule has 0 saturated carbocycles. The summed E-state index contributed by atoms with van der Waals surface area (Å²) < 4.78 is 3.93. The van der Waals surface area contributed by atoms with Crippen molar-refractivity contribution in [1.82, 2.24) is 30.0 Å². The van der Waals surface area contributed by atoms with Crippen LogP contribution in [-0.2, 0) is 13.1 Å². The molecular formula is C19H34N6S. The molecule has 0 aliphatic rings. The molecule has 0 amide bonds. The largest absolute Gasteiger partial charge is 0.252 e. The smallest absolute Gasteiger partial charge is 0.138 e. The number of aryl methyl sites for hydroxylation is 3. The van der Waals surface area contributed by atoms with Gasteiger partial charge in [-0.25, -0.2) is 0 Å². The van der Waals surface area contributed by atoms with Gasteiger partial charge >= 0.3 is 0 Å². The third-order valence-electron chi connectivity index (χ3n) is 4.65. The van der Waals surface area contributed by atoms with Crippen LogP contribution in [0.4, 0.5) is 0 Å². The van der Waals surface area contributed by atoms with Crippen LogP contribution in [0.2, 0.25) is 0 Å². The van der Waals surface area contributed by atoms with E-state index >= 15 is 0 Å². The Morgan fingerprint density at radius 3 is 1.58 bits per heavy atom. The minimum atomic E-state index is 1.00. The normalized spacial score (nSPS) is 11.3. The fourth-order valence-corrected chi connectivity index (χ4v) is 3.47. The Labute approximate surface area is 162 Å². The average Bonchev–Trinajstić information content (AvgIpc) is 3.27. The molecule has 0 aromatic carbocycles. The lowest BCUT2D eigenvalue weighted by Gasteiger charge is -2.03. The third kappa shape index (κ3) is 8.83. The first-order chi connectivity index (χ1) is 12.8. The molecule has 0 atom stereocenters. The van der Waals surface area contributed by atoms with Crippen LogP contribution in [0.25, 0.3) is 0 Å². The van der Waals surface area contributed by atoms with Gasteiger partial charge in [-0.15, -0.1) is 22.0 Å². The molecule has 0 radical (unpaired) electrons. The van der Waals surface area contributed by atoms with E-state index in [0.717, 1.165) is 23.8 Å². The molecule has 26 heavy (non-hydrogen) atoms. The van der Waals surface area contributed by atoms with Crippen LogP contribution in [0.5, 0.6) is 0 Å². The molecule has 6 nitrogen and oxygen atoms in total. The Bertz CT molecular complexity index is 594.